The number of hydrogen-bond donors (Lipinski definition) is 1. The first-order valence-corrected chi connectivity index (χ1v) is 5.80. The summed E-state index contributed by atoms with van der Waals surface area (Å²) in [6, 6.07) is 2.15. The lowest BCUT2D eigenvalue weighted by Gasteiger charge is -2.30. The minimum atomic E-state index is -0.303. The number of amides is 1. The molecule has 1 aromatic rings. The maximum Gasteiger partial charge on any atom is 0.228 e. The van der Waals surface area contributed by atoms with Crippen molar-refractivity contribution in [2.24, 2.45) is 5.41 Å². The maximum absolute atomic E-state index is 12.3. The highest BCUT2D eigenvalue weighted by molar-refractivity contribution is 5.82. The van der Waals surface area contributed by atoms with E-state index in [1.807, 2.05) is 31.7 Å². The summed E-state index contributed by atoms with van der Waals surface area (Å²) in [4.78, 5) is 14.2. The van der Waals surface area contributed by atoms with Crippen LogP contribution in [0.2, 0.25) is 0 Å². The first-order valence-electron chi connectivity index (χ1n) is 5.80. The van der Waals surface area contributed by atoms with E-state index in [1.165, 1.54) is 0 Å². The number of aromatic nitrogens is 2. The summed E-state index contributed by atoms with van der Waals surface area (Å²) >= 11 is 0. The highest BCUT2D eigenvalue weighted by Crippen LogP contribution is 2.34. The first-order chi connectivity index (χ1) is 7.50. The zero-order valence-corrected chi connectivity index (χ0v) is 10.2. The lowest BCUT2D eigenvalue weighted by molar-refractivity contribution is -0.140. The molecule has 2 heterocycles. The van der Waals surface area contributed by atoms with E-state index >= 15 is 0 Å². The Bertz CT molecular complexity index is 364. The molecule has 4 nitrogen and oxygen atoms in total. The molecule has 1 amide bonds. The van der Waals surface area contributed by atoms with Crippen LogP contribution < -0.4 is 0 Å². The fourth-order valence-electron chi connectivity index (χ4n) is 2.22. The summed E-state index contributed by atoms with van der Waals surface area (Å²) in [5.74, 6) is 0.226. The summed E-state index contributed by atoms with van der Waals surface area (Å²) < 4.78 is 0. The van der Waals surface area contributed by atoms with Gasteiger partial charge in [-0.15, -0.1) is 0 Å². The van der Waals surface area contributed by atoms with Crippen molar-refractivity contribution in [3.63, 3.8) is 0 Å². The molecular formula is C12H19N3O. The van der Waals surface area contributed by atoms with E-state index in [4.69, 9.17) is 0 Å². The number of carbonyl (C=O) groups excluding carboxylic acids is 1. The number of nitrogens with zero attached hydrogens (tertiary/aromatic N) is 2. The summed E-state index contributed by atoms with van der Waals surface area (Å²) in [7, 11) is 0. The van der Waals surface area contributed by atoms with E-state index in [1.54, 1.807) is 6.20 Å². The number of aromatic amines is 1. The van der Waals surface area contributed by atoms with Gasteiger partial charge in [-0.1, -0.05) is 20.8 Å². The van der Waals surface area contributed by atoms with Gasteiger partial charge in [-0.3, -0.25) is 9.89 Å². The van der Waals surface area contributed by atoms with Crippen molar-refractivity contribution in [3.8, 4) is 0 Å². The Morgan fingerprint density at radius 2 is 2.31 bits per heavy atom. The van der Waals surface area contributed by atoms with E-state index in [2.05, 4.69) is 10.2 Å². The Labute approximate surface area is 96.0 Å². The molecule has 0 bridgehead atoms. The van der Waals surface area contributed by atoms with Gasteiger partial charge in [-0.2, -0.15) is 5.10 Å². The van der Waals surface area contributed by atoms with Crippen molar-refractivity contribution >= 4 is 5.91 Å². The van der Waals surface area contributed by atoms with Gasteiger partial charge in [0.05, 0.1) is 11.7 Å². The van der Waals surface area contributed by atoms with Gasteiger partial charge in [-0.05, 0) is 18.9 Å². The molecule has 0 spiro atoms. The molecule has 0 unspecified atom stereocenters. The molecular weight excluding hydrogens is 202 g/mol. The van der Waals surface area contributed by atoms with Gasteiger partial charge < -0.3 is 4.90 Å². The minimum Gasteiger partial charge on any atom is -0.334 e. The molecule has 0 radical (unpaired) electrons. The molecule has 88 valence electrons. The topological polar surface area (TPSA) is 49.0 Å². The van der Waals surface area contributed by atoms with Gasteiger partial charge in [-0.25, -0.2) is 0 Å². The molecule has 0 aliphatic carbocycles. The lowest BCUT2D eigenvalue weighted by Crippen LogP contribution is -2.39. The fraction of sp³-hybridized carbons (Fsp3) is 0.667. The summed E-state index contributed by atoms with van der Waals surface area (Å²) in [6.07, 6.45) is 3.85. The van der Waals surface area contributed by atoms with Crippen LogP contribution in [-0.2, 0) is 4.79 Å². The van der Waals surface area contributed by atoms with E-state index in [0.29, 0.717) is 0 Å². The Hall–Kier alpha value is -1.32. The molecule has 1 aromatic heterocycles. The van der Waals surface area contributed by atoms with Crippen molar-refractivity contribution in [2.45, 2.75) is 39.7 Å². The standard InChI is InChI=1S/C12H19N3O/c1-12(2,3)11(16)15-8-4-5-10(15)9-6-7-13-14-9/h6-7,10H,4-5,8H2,1-3H3,(H,13,14)/t10-/m1/s1. The van der Waals surface area contributed by atoms with Crippen LogP contribution in [0.15, 0.2) is 12.3 Å². The Balaban J connectivity index is 2.19. The summed E-state index contributed by atoms with van der Waals surface area (Å²) in [5, 5.41) is 6.93. The number of nitrogens with one attached hydrogen (secondary N) is 1. The third-order valence-corrected chi connectivity index (χ3v) is 3.04. The third-order valence-electron chi connectivity index (χ3n) is 3.04. The molecule has 0 saturated carbocycles. The van der Waals surface area contributed by atoms with Crippen LogP contribution in [0, 0.1) is 5.41 Å². The minimum absolute atomic E-state index is 0.189. The average molecular weight is 221 g/mol. The van der Waals surface area contributed by atoms with Gasteiger partial charge in [0.15, 0.2) is 0 Å². The van der Waals surface area contributed by atoms with E-state index in [0.717, 1.165) is 25.1 Å². The molecule has 1 fully saturated rings. The Morgan fingerprint density at radius 1 is 1.56 bits per heavy atom. The quantitative estimate of drug-likeness (QED) is 0.789. The zero-order valence-electron chi connectivity index (χ0n) is 10.2. The molecule has 1 saturated heterocycles. The predicted octanol–water partition coefficient (Wildman–Crippen LogP) is 2.12. The van der Waals surface area contributed by atoms with Gasteiger partial charge in [0, 0.05) is 18.2 Å². The molecule has 4 heteroatoms. The van der Waals surface area contributed by atoms with Crippen LogP contribution in [0.25, 0.3) is 0 Å². The Kier molecular flexibility index (Phi) is 2.74. The summed E-state index contributed by atoms with van der Waals surface area (Å²) in [6.45, 7) is 6.77. The van der Waals surface area contributed by atoms with Crippen LogP contribution in [0.1, 0.15) is 45.3 Å². The highest BCUT2D eigenvalue weighted by Gasteiger charge is 2.36. The third kappa shape index (κ3) is 1.96. The number of hydrogen-bond acceptors (Lipinski definition) is 2. The smallest absolute Gasteiger partial charge is 0.228 e. The second kappa shape index (κ2) is 3.92. The van der Waals surface area contributed by atoms with Crippen LogP contribution in [0.3, 0.4) is 0 Å². The van der Waals surface area contributed by atoms with Gasteiger partial charge in [0.1, 0.15) is 0 Å². The largest absolute Gasteiger partial charge is 0.334 e. The zero-order chi connectivity index (χ0) is 11.8. The molecule has 2 rings (SSSR count). The van der Waals surface area contributed by atoms with Crippen LogP contribution in [-0.4, -0.2) is 27.5 Å². The average Bonchev–Trinajstić information content (AvgIpc) is 2.85. The molecule has 0 aromatic carbocycles. The van der Waals surface area contributed by atoms with Gasteiger partial charge >= 0.3 is 0 Å². The Morgan fingerprint density at radius 3 is 2.88 bits per heavy atom. The van der Waals surface area contributed by atoms with E-state index in [-0.39, 0.29) is 17.4 Å². The monoisotopic (exact) mass is 221 g/mol. The highest BCUT2D eigenvalue weighted by atomic mass is 16.2. The number of likely N-dealkylation sites (tertiary alicyclic amines) is 1. The number of carbonyl (C=O) groups is 1. The van der Waals surface area contributed by atoms with Gasteiger partial charge in [0.25, 0.3) is 0 Å². The molecule has 16 heavy (non-hydrogen) atoms. The van der Waals surface area contributed by atoms with E-state index in [9.17, 15) is 4.79 Å². The van der Waals surface area contributed by atoms with Crippen molar-refractivity contribution < 1.29 is 4.79 Å². The van der Waals surface area contributed by atoms with Gasteiger partial charge in [0.2, 0.25) is 5.91 Å². The van der Waals surface area contributed by atoms with Crippen LogP contribution in [0.5, 0.6) is 0 Å². The second-order valence-electron chi connectivity index (χ2n) is 5.42. The number of H-pyrrole nitrogens is 1. The van der Waals surface area contributed by atoms with Crippen molar-refractivity contribution in [3.05, 3.63) is 18.0 Å². The lowest BCUT2D eigenvalue weighted by atomic mass is 9.94. The molecule has 1 atom stereocenters. The fourth-order valence-corrected chi connectivity index (χ4v) is 2.22. The van der Waals surface area contributed by atoms with Crippen molar-refractivity contribution in [1.29, 1.82) is 0 Å². The first kappa shape index (κ1) is 11.2. The normalized spacial score (nSPS) is 21.4. The number of rotatable bonds is 1. The summed E-state index contributed by atoms with van der Waals surface area (Å²) in [5.41, 5.74) is 0.748. The van der Waals surface area contributed by atoms with Crippen molar-refractivity contribution in [2.75, 3.05) is 6.54 Å². The van der Waals surface area contributed by atoms with Crippen LogP contribution >= 0.6 is 0 Å². The second-order valence-corrected chi connectivity index (χ2v) is 5.42. The van der Waals surface area contributed by atoms with E-state index < -0.39 is 0 Å². The SMILES string of the molecule is CC(C)(C)C(=O)N1CCC[C@@H]1c1ccn[nH]1. The molecule has 1 aliphatic heterocycles. The predicted molar refractivity (Wildman–Crippen MR) is 61.7 cm³/mol. The molecule has 1 aliphatic rings. The van der Waals surface area contributed by atoms with Crippen molar-refractivity contribution in [1.82, 2.24) is 15.1 Å². The molecule has 1 N–H and O–H groups in total. The maximum atomic E-state index is 12.3. The van der Waals surface area contributed by atoms with Crippen LogP contribution in [0.4, 0.5) is 0 Å².